The minimum atomic E-state index is -0.171. The van der Waals surface area contributed by atoms with Gasteiger partial charge in [-0.1, -0.05) is 6.92 Å². The van der Waals surface area contributed by atoms with E-state index in [-0.39, 0.29) is 38.3 Å². The molecule has 51 valence electrons. The van der Waals surface area contributed by atoms with Crippen LogP contribution in [0.2, 0.25) is 0 Å². The number of nitrogens with one attached hydrogen (secondary N) is 1. The Labute approximate surface area is 83.9 Å². The summed E-state index contributed by atoms with van der Waals surface area (Å²) in [6.45, 7) is 1.68. The first-order valence-corrected chi connectivity index (χ1v) is 2.57. The molecule has 1 aromatic rings. The van der Waals surface area contributed by atoms with E-state index in [1.54, 1.807) is 6.92 Å². The zero-order valence-electron chi connectivity index (χ0n) is 5.64. The Morgan fingerprint density at radius 1 is 1.70 bits per heavy atom. The van der Waals surface area contributed by atoms with Crippen LogP contribution in [0.15, 0.2) is 10.9 Å². The van der Waals surface area contributed by atoms with Crippen molar-refractivity contribution in [3.8, 4) is 0 Å². The van der Waals surface area contributed by atoms with Gasteiger partial charge >= 0.3 is 0 Å². The molecule has 0 aliphatic rings. The van der Waals surface area contributed by atoms with Crippen LogP contribution in [0.25, 0.3) is 0 Å². The second kappa shape index (κ2) is 3.89. The van der Waals surface area contributed by atoms with Crippen molar-refractivity contribution in [1.29, 1.82) is 0 Å². The number of hydrogen-bond donors (Lipinski definition) is 2. The Morgan fingerprint density at radius 2 is 2.30 bits per heavy atom. The number of nitrogens with two attached hydrogens (primary N) is 1. The number of H-pyrrole nitrogens is 1. The SMILES string of the molecule is Cc1[c-]cc(N)[nH]c1=O.[Y]. The van der Waals surface area contributed by atoms with E-state index in [1.165, 1.54) is 6.07 Å². The first-order valence-electron chi connectivity index (χ1n) is 2.57. The predicted molar refractivity (Wildman–Crippen MR) is 35.0 cm³/mol. The molecule has 4 heteroatoms. The molecule has 1 rings (SSSR count). The van der Waals surface area contributed by atoms with Crippen molar-refractivity contribution in [2.75, 3.05) is 5.73 Å². The molecule has 0 amide bonds. The summed E-state index contributed by atoms with van der Waals surface area (Å²) in [4.78, 5) is 13.1. The molecular formula is C6H7N2OY-. The quantitative estimate of drug-likeness (QED) is 0.597. The van der Waals surface area contributed by atoms with Crippen molar-refractivity contribution >= 4 is 5.82 Å². The second-order valence-corrected chi connectivity index (χ2v) is 1.82. The van der Waals surface area contributed by atoms with Crippen LogP contribution in [-0.2, 0) is 32.7 Å². The van der Waals surface area contributed by atoms with E-state index < -0.39 is 0 Å². The smallest absolute Gasteiger partial charge is 0.137 e. The summed E-state index contributed by atoms with van der Waals surface area (Å²) in [7, 11) is 0. The first kappa shape index (κ1) is 9.85. The van der Waals surface area contributed by atoms with Crippen LogP contribution in [0, 0.1) is 13.0 Å². The Bertz CT molecular complexity index is 269. The van der Waals surface area contributed by atoms with Gasteiger partial charge < -0.3 is 15.5 Å². The van der Waals surface area contributed by atoms with Gasteiger partial charge in [0, 0.05) is 32.7 Å². The third-order valence-corrected chi connectivity index (χ3v) is 1.04. The van der Waals surface area contributed by atoms with E-state index >= 15 is 0 Å². The Hall–Kier alpha value is -0.146. The molecule has 0 spiro atoms. The molecule has 10 heavy (non-hydrogen) atoms. The number of aromatic amines is 1. The Balaban J connectivity index is 0.000000810. The number of aromatic nitrogens is 1. The first-order chi connectivity index (χ1) is 4.20. The van der Waals surface area contributed by atoms with Crippen molar-refractivity contribution in [1.82, 2.24) is 4.98 Å². The van der Waals surface area contributed by atoms with Crippen LogP contribution in [0.1, 0.15) is 5.56 Å². The Morgan fingerprint density at radius 3 is 2.70 bits per heavy atom. The van der Waals surface area contributed by atoms with Gasteiger partial charge in [-0.3, -0.25) is 0 Å². The van der Waals surface area contributed by atoms with Crippen LogP contribution in [0.5, 0.6) is 0 Å². The molecule has 0 saturated carbocycles. The summed E-state index contributed by atoms with van der Waals surface area (Å²) in [6.07, 6.45) is 0. The minimum absolute atomic E-state index is 0. The van der Waals surface area contributed by atoms with E-state index in [0.29, 0.717) is 11.4 Å². The van der Waals surface area contributed by atoms with Gasteiger partial charge in [0.15, 0.2) is 0 Å². The van der Waals surface area contributed by atoms with Gasteiger partial charge in [0.25, 0.3) is 0 Å². The number of aryl methyl sites for hydroxylation is 1. The van der Waals surface area contributed by atoms with Crippen molar-refractivity contribution in [3.05, 3.63) is 28.0 Å². The second-order valence-electron chi connectivity index (χ2n) is 1.82. The molecule has 3 nitrogen and oxygen atoms in total. The number of anilines is 1. The maximum Gasteiger partial charge on any atom is 0.137 e. The molecule has 0 aliphatic carbocycles. The average molecular weight is 212 g/mol. The number of hydrogen-bond acceptors (Lipinski definition) is 2. The topological polar surface area (TPSA) is 58.9 Å². The zero-order chi connectivity index (χ0) is 6.85. The van der Waals surface area contributed by atoms with Gasteiger partial charge in [0.05, 0.1) is 0 Å². The third kappa shape index (κ3) is 2.23. The molecule has 0 fully saturated rings. The largest absolute Gasteiger partial charge is 0.436 e. The van der Waals surface area contributed by atoms with Gasteiger partial charge in [-0.05, 0) is 5.82 Å². The summed E-state index contributed by atoms with van der Waals surface area (Å²) in [5.74, 6) is 0.352. The van der Waals surface area contributed by atoms with Gasteiger partial charge in [-0.15, -0.1) is 11.6 Å². The molecular weight excluding hydrogens is 205 g/mol. The van der Waals surface area contributed by atoms with E-state index in [9.17, 15) is 4.79 Å². The van der Waals surface area contributed by atoms with Gasteiger partial charge in [0.2, 0.25) is 0 Å². The van der Waals surface area contributed by atoms with E-state index in [1.807, 2.05) is 0 Å². The monoisotopic (exact) mass is 212 g/mol. The fraction of sp³-hybridized carbons (Fsp3) is 0.167. The fourth-order valence-electron chi connectivity index (χ4n) is 0.512. The van der Waals surface area contributed by atoms with Gasteiger partial charge in [0.1, 0.15) is 5.56 Å². The minimum Gasteiger partial charge on any atom is -0.436 e. The number of rotatable bonds is 0. The third-order valence-electron chi connectivity index (χ3n) is 1.04. The number of nitrogen functional groups attached to an aromatic ring is 1. The Kier molecular flexibility index (Phi) is 3.83. The zero-order valence-corrected chi connectivity index (χ0v) is 8.48. The fourth-order valence-corrected chi connectivity index (χ4v) is 0.512. The van der Waals surface area contributed by atoms with Crippen LogP contribution in [0.3, 0.4) is 0 Å². The summed E-state index contributed by atoms with van der Waals surface area (Å²) >= 11 is 0. The van der Waals surface area contributed by atoms with Crippen molar-refractivity contribution in [2.45, 2.75) is 6.92 Å². The molecule has 1 radical (unpaired) electrons. The van der Waals surface area contributed by atoms with E-state index in [0.717, 1.165) is 0 Å². The standard InChI is InChI=1S/C6H7N2O.Y/c1-4-2-3-5(7)8-6(4)9;/h3H,1H3,(H3,7,8,9);/q-1;. The molecule has 1 heterocycles. The number of pyridine rings is 1. The molecule has 0 atom stereocenters. The van der Waals surface area contributed by atoms with Gasteiger partial charge in [-0.25, -0.2) is 0 Å². The molecule has 3 N–H and O–H groups in total. The molecule has 1 aromatic heterocycles. The maximum absolute atomic E-state index is 10.7. The van der Waals surface area contributed by atoms with Crippen molar-refractivity contribution in [3.63, 3.8) is 0 Å². The molecule has 0 aliphatic heterocycles. The summed E-state index contributed by atoms with van der Waals surface area (Å²) < 4.78 is 0. The normalized spacial score (nSPS) is 8.50. The van der Waals surface area contributed by atoms with Gasteiger partial charge in [-0.2, -0.15) is 6.07 Å². The van der Waals surface area contributed by atoms with Crippen LogP contribution >= 0.6 is 0 Å². The van der Waals surface area contributed by atoms with Crippen molar-refractivity contribution < 1.29 is 32.7 Å². The van der Waals surface area contributed by atoms with Crippen LogP contribution in [-0.4, -0.2) is 4.98 Å². The molecule has 0 bridgehead atoms. The predicted octanol–water partition coefficient (Wildman–Crippen LogP) is 0.0632. The molecule has 0 unspecified atom stereocenters. The van der Waals surface area contributed by atoms with Crippen LogP contribution < -0.4 is 11.3 Å². The van der Waals surface area contributed by atoms with E-state index in [2.05, 4.69) is 11.1 Å². The maximum atomic E-state index is 10.7. The average Bonchev–Trinajstić information content (AvgIpc) is 1.80. The van der Waals surface area contributed by atoms with E-state index in [4.69, 9.17) is 5.73 Å². The summed E-state index contributed by atoms with van der Waals surface area (Å²) in [5, 5.41) is 0. The molecule has 0 aromatic carbocycles. The molecule has 0 saturated heterocycles. The van der Waals surface area contributed by atoms with Crippen LogP contribution in [0.4, 0.5) is 5.82 Å². The summed E-state index contributed by atoms with van der Waals surface area (Å²) in [5.41, 5.74) is 5.63. The van der Waals surface area contributed by atoms with Crippen molar-refractivity contribution in [2.24, 2.45) is 0 Å². The summed E-state index contributed by atoms with van der Waals surface area (Å²) in [6, 6.07) is 4.24.